The number of esters is 2. The molecule has 1 fully saturated rings. The minimum Gasteiger partial charge on any atom is -0.497 e. The molecule has 0 amide bonds. The van der Waals surface area contributed by atoms with Crippen LogP contribution >= 0.6 is 0 Å². The van der Waals surface area contributed by atoms with E-state index in [-0.39, 0.29) is 12.7 Å². The normalized spacial score (nSPS) is 20.0. The highest BCUT2D eigenvalue weighted by atomic mass is 16.6. The molecule has 1 aliphatic rings. The summed E-state index contributed by atoms with van der Waals surface area (Å²) in [4.78, 5) is 24.9. The van der Waals surface area contributed by atoms with Gasteiger partial charge in [-0.15, -0.1) is 6.58 Å². The number of hydrogen-bond donors (Lipinski definition) is 0. The Morgan fingerprint density at radius 3 is 2.03 bits per heavy atom. The molecular formula is C24H26O7. The zero-order valence-corrected chi connectivity index (χ0v) is 17.6. The summed E-state index contributed by atoms with van der Waals surface area (Å²) in [6.07, 6.45) is 1.60. The predicted molar refractivity (Wildman–Crippen MR) is 114 cm³/mol. The van der Waals surface area contributed by atoms with Crippen LogP contribution in [0.25, 0.3) is 0 Å². The lowest BCUT2D eigenvalue weighted by Gasteiger charge is -2.19. The van der Waals surface area contributed by atoms with Crippen molar-refractivity contribution in [3.63, 3.8) is 0 Å². The van der Waals surface area contributed by atoms with Crippen molar-refractivity contribution in [3.8, 4) is 11.5 Å². The van der Waals surface area contributed by atoms with Crippen LogP contribution in [0.15, 0.2) is 61.2 Å². The van der Waals surface area contributed by atoms with Gasteiger partial charge in [0, 0.05) is 6.42 Å². The van der Waals surface area contributed by atoms with E-state index in [9.17, 15) is 9.59 Å². The maximum Gasteiger partial charge on any atom is 0.338 e. The lowest BCUT2D eigenvalue weighted by molar-refractivity contribution is -0.0416. The smallest absolute Gasteiger partial charge is 0.338 e. The van der Waals surface area contributed by atoms with E-state index in [2.05, 4.69) is 6.58 Å². The van der Waals surface area contributed by atoms with Crippen molar-refractivity contribution in [2.45, 2.75) is 31.2 Å². The first-order valence-electron chi connectivity index (χ1n) is 9.96. The molecule has 0 radical (unpaired) electrons. The molecule has 0 aromatic heterocycles. The van der Waals surface area contributed by atoms with E-state index in [0.717, 1.165) is 0 Å². The largest absolute Gasteiger partial charge is 0.497 e. The van der Waals surface area contributed by atoms with Gasteiger partial charge < -0.3 is 23.7 Å². The Kier molecular flexibility index (Phi) is 7.67. The highest BCUT2D eigenvalue weighted by molar-refractivity contribution is 5.90. The van der Waals surface area contributed by atoms with Gasteiger partial charge in [0.15, 0.2) is 0 Å². The Morgan fingerprint density at radius 1 is 0.968 bits per heavy atom. The summed E-state index contributed by atoms with van der Waals surface area (Å²) >= 11 is 0. The van der Waals surface area contributed by atoms with Crippen molar-refractivity contribution < 1.29 is 33.3 Å². The van der Waals surface area contributed by atoms with Crippen molar-refractivity contribution in [2.24, 2.45) is 0 Å². The molecule has 1 saturated heterocycles. The van der Waals surface area contributed by atoms with Crippen LogP contribution in [0, 0.1) is 0 Å². The standard InChI is InChI=1S/C24H26O7/c1-4-5-20-14-21(31-24(26)17-8-12-19(28-3)13-9-17)22(30-20)15-29-23(25)16-6-10-18(27-2)11-7-16/h4,6-13,20-22H,1,5,14-15H2,2-3H3/t20-,21+,22+/m0/s1. The maximum absolute atomic E-state index is 12.6. The molecule has 0 unspecified atom stereocenters. The monoisotopic (exact) mass is 426 g/mol. The van der Waals surface area contributed by atoms with Gasteiger partial charge in [-0.25, -0.2) is 9.59 Å². The first kappa shape index (κ1) is 22.4. The third-order valence-electron chi connectivity index (χ3n) is 5.00. The average Bonchev–Trinajstić information content (AvgIpc) is 3.18. The molecule has 164 valence electrons. The molecule has 3 rings (SSSR count). The SMILES string of the molecule is C=CC[C@H]1C[C@@H](OC(=O)c2ccc(OC)cc2)[C@@H](COC(=O)c2ccc(OC)cc2)O1. The molecular weight excluding hydrogens is 400 g/mol. The van der Waals surface area contributed by atoms with E-state index in [0.29, 0.717) is 35.5 Å². The molecule has 0 bridgehead atoms. The fraction of sp³-hybridized carbons (Fsp3) is 0.333. The Morgan fingerprint density at radius 2 is 1.52 bits per heavy atom. The van der Waals surface area contributed by atoms with Crippen molar-refractivity contribution >= 4 is 11.9 Å². The highest BCUT2D eigenvalue weighted by Crippen LogP contribution is 2.27. The van der Waals surface area contributed by atoms with Crippen LogP contribution in [-0.4, -0.2) is 51.1 Å². The summed E-state index contributed by atoms with van der Waals surface area (Å²) < 4.78 is 27.2. The van der Waals surface area contributed by atoms with Gasteiger partial charge in [0.2, 0.25) is 0 Å². The summed E-state index contributed by atoms with van der Waals surface area (Å²) in [5.74, 6) is 0.337. The third kappa shape index (κ3) is 5.86. The Hall–Kier alpha value is -3.32. The van der Waals surface area contributed by atoms with Crippen molar-refractivity contribution in [2.75, 3.05) is 20.8 Å². The summed E-state index contributed by atoms with van der Waals surface area (Å²) in [6.45, 7) is 3.70. The molecule has 0 saturated carbocycles. The van der Waals surface area contributed by atoms with Gasteiger partial charge in [-0.2, -0.15) is 0 Å². The van der Waals surface area contributed by atoms with Crippen LogP contribution in [0.3, 0.4) is 0 Å². The second kappa shape index (κ2) is 10.6. The van der Waals surface area contributed by atoms with Gasteiger partial charge >= 0.3 is 11.9 Å². The molecule has 2 aromatic carbocycles. The highest BCUT2D eigenvalue weighted by Gasteiger charge is 2.38. The van der Waals surface area contributed by atoms with Crippen LogP contribution in [-0.2, 0) is 14.2 Å². The third-order valence-corrected chi connectivity index (χ3v) is 5.00. The van der Waals surface area contributed by atoms with Crippen molar-refractivity contribution in [3.05, 3.63) is 72.3 Å². The summed E-state index contributed by atoms with van der Waals surface area (Å²) in [5, 5.41) is 0. The van der Waals surface area contributed by atoms with Crippen LogP contribution < -0.4 is 9.47 Å². The number of hydrogen-bond acceptors (Lipinski definition) is 7. The molecule has 1 heterocycles. The Labute approximate surface area is 181 Å². The second-order valence-electron chi connectivity index (χ2n) is 7.06. The molecule has 1 aliphatic heterocycles. The molecule has 0 spiro atoms. The fourth-order valence-corrected chi connectivity index (χ4v) is 3.31. The molecule has 31 heavy (non-hydrogen) atoms. The van der Waals surface area contributed by atoms with Gasteiger partial charge in [-0.3, -0.25) is 0 Å². The number of rotatable bonds is 9. The Bertz CT molecular complexity index is 889. The summed E-state index contributed by atoms with van der Waals surface area (Å²) in [5.41, 5.74) is 0.801. The van der Waals surface area contributed by atoms with Crippen LogP contribution in [0.4, 0.5) is 0 Å². The first-order chi connectivity index (χ1) is 15.0. The Balaban J connectivity index is 1.62. The number of methoxy groups -OCH3 is 2. The summed E-state index contributed by atoms with van der Waals surface area (Å²) in [7, 11) is 3.11. The minimum atomic E-state index is -0.561. The van der Waals surface area contributed by atoms with Gasteiger partial charge in [0.1, 0.15) is 30.3 Å². The zero-order valence-electron chi connectivity index (χ0n) is 17.6. The lowest BCUT2D eigenvalue weighted by Crippen LogP contribution is -2.32. The molecule has 0 aliphatic carbocycles. The average molecular weight is 426 g/mol. The van der Waals surface area contributed by atoms with E-state index >= 15 is 0 Å². The molecule has 0 N–H and O–H groups in total. The second-order valence-corrected chi connectivity index (χ2v) is 7.06. The number of carbonyl (C=O) groups excluding carboxylic acids is 2. The van der Waals surface area contributed by atoms with E-state index in [1.165, 1.54) is 0 Å². The number of carbonyl (C=O) groups is 2. The van der Waals surface area contributed by atoms with Crippen LogP contribution in [0.2, 0.25) is 0 Å². The summed E-state index contributed by atoms with van der Waals surface area (Å²) in [6, 6.07) is 13.3. The van der Waals surface area contributed by atoms with E-state index in [4.69, 9.17) is 23.7 Å². The maximum atomic E-state index is 12.6. The van der Waals surface area contributed by atoms with Crippen LogP contribution in [0.5, 0.6) is 11.5 Å². The number of ether oxygens (including phenoxy) is 5. The number of benzene rings is 2. The minimum absolute atomic E-state index is 0.0287. The van der Waals surface area contributed by atoms with Crippen molar-refractivity contribution in [1.29, 1.82) is 0 Å². The molecule has 7 heteroatoms. The molecule has 7 nitrogen and oxygen atoms in total. The van der Waals surface area contributed by atoms with Crippen LogP contribution in [0.1, 0.15) is 33.6 Å². The molecule has 3 atom stereocenters. The predicted octanol–water partition coefficient (Wildman–Crippen LogP) is 3.82. The van der Waals surface area contributed by atoms with Gasteiger partial charge in [0.25, 0.3) is 0 Å². The topological polar surface area (TPSA) is 80.3 Å². The lowest BCUT2D eigenvalue weighted by atomic mass is 10.1. The van der Waals surface area contributed by atoms with Gasteiger partial charge in [-0.05, 0) is 55.0 Å². The van der Waals surface area contributed by atoms with E-state index < -0.39 is 24.1 Å². The van der Waals surface area contributed by atoms with Crippen molar-refractivity contribution in [1.82, 2.24) is 0 Å². The zero-order chi connectivity index (χ0) is 22.2. The van der Waals surface area contributed by atoms with E-state index in [1.54, 1.807) is 68.8 Å². The van der Waals surface area contributed by atoms with Gasteiger partial charge in [-0.1, -0.05) is 6.08 Å². The van der Waals surface area contributed by atoms with E-state index in [1.807, 2.05) is 0 Å². The first-order valence-corrected chi connectivity index (χ1v) is 9.96. The van der Waals surface area contributed by atoms with Gasteiger partial charge in [0.05, 0.1) is 31.5 Å². The molecule has 2 aromatic rings. The fourth-order valence-electron chi connectivity index (χ4n) is 3.31. The quantitative estimate of drug-likeness (QED) is 0.445.